The van der Waals surface area contributed by atoms with Crippen LogP contribution >= 0.6 is 0 Å². The van der Waals surface area contributed by atoms with Gasteiger partial charge in [-0.2, -0.15) is 0 Å². The van der Waals surface area contributed by atoms with Crippen LogP contribution in [0.4, 0.5) is 0 Å². The molecule has 4 nitrogen and oxygen atoms in total. The van der Waals surface area contributed by atoms with Crippen LogP contribution in [0.1, 0.15) is 18.9 Å². The molecule has 0 spiro atoms. The average Bonchev–Trinajstić information content (AvgIpc) is 2.77. The molecule has 0 unspecified atom stereocenters. The lowest BCUT2D eigenvalue weighted by Gasteiger charge is -2.19. The number of fused-ring (bicyclic) bond motifs is 1. The van der Waals surface area contributed by atoms with E-state index in [4.69, 9.17) is 9.52 Å². The summed E-state index contributed by atoms with van der Waals surface area (Å²) in [6, 6.07) is 7.86. The number of para-hydroxylation sites is 1. The number of carbonyl (C=O) groups is 1. The fourth-order valence-corrected chi connectivity index (χ4v) is 2.14. The van der Waals surface area contributed by atoms with Gasteiger partial charge in [0.25, 0.3) is 0 Å². The van der Waals surface area contributed by atoms with Gasteiger partial charge in [0.05, 0.1) is 12.8 Å². The van der Waals surface area contributed by atoms with Gasteiger partial charge in [-0.15, -0.1) is 0 Å². The summed E-state index contributed by atoms with van der Waals surface area (Å²) in [5, 5.41) is 9.95. The predicted octanol–water partition coefficient (Wildman–Crippen LogP) is 2.73. The number of hydrogen-bond donors (Lipinski definition) is 1. The van der Waals surface area contributed by atoms with Crippen LogP contribution in [0, 0.1) is 0 Å². The first-order valence-electron chi connectivity index (χ1n) is 6.10. The fraction of sp³-hybridized carbons (Fsp3) is 0.357. The normalized spacial score (nSPS) is 11.2. The van der Waals surface area contributed by atoms with Crippen molar-refractivity contribution in [3.8, 4) is 0 Å². The Morgan fingerprint density at radius 3 is 2.94 bits per heavy atom. The molecule has 0 bridgehead atoms. The third-order valence-corrected chi connectivity index (χ3v) is 2.85. The Bertz CT molecular complexity index is 533. The van der Waals surface area contributed by atoms with Gasteiger partial charge in [-0.05, 0) is 19.0 Å². The lowest BCUT2D eigenvalue weighted by atomic mass is 10.1. The molecule has 18 heavy (non-hydrogen) atoms. The van der Waals surface area contributed by atoms with Crippen molar-refractivity contribution in [2.75, 3.05) is 13.1 Å². The molecule has 4 heteroatoms. The van der Waals surface area contributed by atoms with E-state index in [1.165, 1.54) is 0 Å². The Labute approximate surface area is 106 Å². The molecule has 1 aromatic carbocycles. The first kappa shape index (κ1) is 12.6. The molecular formula is C14H17NO3. The predicted molar refractivity (Wildman–Crippen MR) is 69.4 cm³/mol. The minimum atomic E-state index is -0.796. The lowest BCUT2D eigenvalue weighted by Crippen LogP contribution is -2.30. The summed E-state index contributed by atoms with van der Waals surface area (Å²) < 4.78 is 5.46. The fourth-order valence-electron chi connectivity index (χ4n) is 2.14. The van der Waals surface area contributed by atoms with Crippen molar-refractivity contribution in [2.45, 2.75) is 19.9 Å². The zero-order chi connectivity index (χ0) is 13.0. The smallest absolute Gasteiger partial charge is 0.317 e. The highest BCUT2D eigenvalue weighted by atomic mass is 16.4. The Hall–Kier alpha value is -1.81. The van der Waals surface area contributed by atoms with E-state index in [9.17, 15) is 4.79 Å². The van der Waals surface area contributed by atoms with Gasteiger partial charge in [0.15, 0.2) is 0 Å². The summed E-state index contributed by atoms with van der Waals surface area (Å²) in [7, 11) is 0. The quantitative estimate of drug-likeness (QED) is 0.852. The molecule has 0 fully saturated rings. The molecule has 96 valence electrons. The van der Waals surface area contributed by atoms with Crippen molar-refractivity contribution in [3.63, 3.8) is 0 Å². The number of benzene rings is 1. The number of aliphatic carboxylic acids is 1. The molecular weight excluding hydrogens is 230 g/mol. The number of carboxylic acids is 1. The van der Waals surface area contributed by atoms with Gasteiger partial charge < -0.3 is 9.52 Å². The first-order chi connectivity index (χ1) is 8.70. The second kappa shape index (κ2) is 5.69. The SMILES string of the molecule is CCCN(CC(=O)O)Cc1cccc2ccoc12. The van der Waals surface area contributed by atoms with Crippen molar-refractivity contribution < 1.29 is 14.3 Å². The molecule has 2 rings (SSSR count). The van der Waals surface area contributed by atoms with Crippen molar-refractivity contribution >= 4 is 16.9 Å². The molecule has 0 aliphatic carbocycles. The second-order valence-electron chi connectivity index (χ2n) is 4.36. The second-order valence-corrected chi connectivity index (χ2v) is 4.36. The van der Waals surface area contributed by atoms with E-state index in [0.717, 1.165) is 29.5 Å². The van der Waals surface area contributed by atoms with Crippen molar-refractivity contribution in [3.05, 3.63) is 36.1 Å². The summed E-state index contributed by atoms with van der Waals surface area (Å²) in [5.74, 6) is -0.796. The largest absolute Gasteiger partial charge is 0.480 e. The third-order valence-electron chi connectivity index (χ3n) is 2.85. The van der Waals surface area contributed by atoms with Gasteiger partial charge in [-0.25, -0.2) is 0 Å². The Morgan fingerprint density at radius 2 is 2.22 bits per heavy atom. The van der Waals surface area contributed by atoms with E-state index in [1.54, 1.807) is 6.26 Å². The molecule has 1 aromatic heterocycles. The van der Waals surface area contributed by atoms with Crippen molar-refractivity contribution in [2.24, 2.45) is 0 Å². The lowest BCUT2D eigenvalue weighted by molar-refractivity contribution is -0.138. The van der Waals surface area contributed by atoms with Crippen LogP contribution in [0.15, 0.2) is 34.9 Å². The minimum Gasteiger partial charge on any atom is -0.480 e. The van der Waals surface area contributed by atoms with E-state index in [-0.39, 0.29) is 6.54 Å². The third kappa shape index (κ3) is 2.90. The molecule has 0 aliphatic rings. The van der Waals surface area contributed by atoms with E-state index in [0.29, 0.717) is 6.54 Å². The van der Waals surface area contributed by atoms with E-state index in [1.807, 2.05) is 36.1 Å². The first-order valence-corrected chi connectivity index (χ1v) is 6.10. The molecule has 0 atom stereocenters. The molecule has 1 heterocycles. The van der Waals surface area contributed by atoms with Gasteiger partial charge in [0.1, 0.15) is 5.58 Å². The number of nitrogens with zero attached hydrogens (tertiary/aromatic N) is 1. The van der Waals surface area contributed by atoms with Crippen LogP contribution in [0.2, 0.25) is 0 Å². The van der Waals surface area contributed by atoms with Gasteiger partial charge in [-0.3, -0.25) is 9.69 Å². The molecule has 0 aliphatic heterocycles. The Kier molecular flexibility index (Phi) is 3.99. The average molecular weight is 247 g/mol. The topological polar surface area (TPSA) is 53.7 Å². The van der Waals surface area contributed by atoms with E-state index in [2.05, 4.69) is 0 Å². The molecule has 0 amide bonds. The molecule has 2 aromatic rings. The van der Waals surface area contributed by atoms with Crippen molar-refractivity contribution in [1.29, 1.82) is 0 Å². The van der Waals surface area contributed by atoms with Crippen LogP contribution < -0.4 is 0 Å². The molecule has 1 N–H and O–H groups in total. The summed E-state index contributed by atoms with van der Waals surface area (Å²) in [6.07, 6.45) is 2.59. The maximum absolute atomic E-state index is 10.8. The highest BCUT2D eigenvalue weighted by Crippen LogP contribution is 2.21. The van der Waals surface area contributed by atoms with Crippen LogP contribution in [0.5, 0.6) is 0 Å². The summed E-state index contributed by atoms with van der Waals surface area (Å²) >= 11 is 0. The maximum Gasteiger partial charge on any atom is 0.317 e. The number of hydrogen-bond acceptors (Lipinski definition) is 3. The highest BCUT2D eigenvalue weighted by Gasteiger charge is 2.12. The van der Waals surface area contributed by atoms with Crippen LogP contribution in [0.3, 0.4) is 0 Å². The van der Waals surface area contributed by atoms with Gasteiger partial charge in [-0.1, -0.05) is 25.1 Å². The molecule has 0 radical (unpaired) electrons. The van der Waals surface area contributed by atoms with Crippen LogP contribution in [-0.2, 0) is 11.3 Å². The Balaban J connectivity index is 2.19. The molecule has 0 saturated carbocycles. The van der Waals surface area contributed by atoms with Gasteiger partial charge >= 0.3 is 5.97 Å². The standard InChI is InChI=1S/C14H17NO3/c1-2-7-15(10-13(16)17)9-12-5-3-4-11-6-8-18-14(11)12/h3-6,8H,2,7,9-10H2,1H3,(H,16,17). The summed E-state index contributed by atoms with van der Waals surface area (Å²) in [4.78, 5) is 12.7. The maximum atomic E-state index is 10.8. The van der Waals surface area contributed by atoms with Crippen molar-refractivity contribution in [1.82, 2.24) is 4.90 Å². The van der Waals surface area contributed by atoms with E-state index >= 15 is 0 Å². The Morgan fingerprint density at radius 1 is 1.39 bits per heavy atom. The van der Waals surface area contributed by atoms with Crippen LogP contribution in [0.25, 0.3) is 11.0 Å². The zero-order valence-corrected chi connectivity index (χ0v) is 10.4. The molecule has 0 saturated heterocycles. The van der Waals surface area contributed by atoms with E-state index < -0.39 is 5.97 Å². The van der Waals surface area contributed by atoms with Gasteiger partial charge in [0, 0.05) is 17.5 Å². The zero-order valence-electron chi connectivity index (χ0n) is 10.4. The van der Waals surface area contributed by atoms with Crippen LogP contribution in [-0.4, -0.2) is 29.1 Å². The number of carboxylic acid groups (broad SMARTS) is 1. The summed E-state index contributed by atoms with van der Waals surface area (Å²) in [5.41, 5.74) is 1.89. The minimum absolute atomic E-state index is 0.0605. The summed E-state index contributed by atoms with van der Waals surface area (Å²) in [6.45, 7) is 3.47. The number of rotatable bonds is 6. The van der Waals surface area contributed by atoms with Gasteiger partial charge in [0.2, 0.25) is 0 Å². The monoisotopic (exact) mass is 247 g/mol. The highest BCUT2D eigenvalue weighted by molar-refractivity contribution is 5.80. The number of furan rings is 1.